The van der Waals surface area contributed by atoms with Crippen molar-refractivity contribution in [2.45, 2.75) is 101 Å². The number of aliphatic hydroxyl groups excluding tert-OH is 2. The van der Waals surface area contributed by atoms with Crippen molar-refractivity contribution in [1.29, 1.82) is 5.26 Å². The molecule has 0 aromatic carbocycles. The molecule has 2 N–H and O–H groups in total. The van der Waals surface area contributed by atoms with Gasteiger partial charge in [0.05, 0.1) is 37.4 Å². The lowest BCUT2D eigenvalue weighted by Gasteiger charge is -2.45. The maximum atomic E-state index is 12.0. The third-order valence-electron chi connectivity index (χ3n) is 9.58. The number of carbonyl (C=O) groups excluding carboxylic acids is 1. The maximum absolute atomic E-state index is 12.0. The molecule has 8 heteroatoms. The second-order valence-electron chi connectivity index (χ2n) is 11.9. The molecule has 2 saturated carbocycles. The van der Waals surface area contributed by atoms with Crippen molar-refractivity contribution in [3.8, 4) is 6.07 Å². The van der Waals surface area contributed by atoms with Crippen LogP contribution >= 0.6 is 11.3 Å². The van der Waals surface area contributed by atoms with Crippen LogP contribution in [0.15, 0.2) is 17.5 Å². The maximum Gasteiger partial charge on any atom is 0.305 e. The molecule has 3 aliphatic rings. The van der Waals surface area contributed by atoms with Gasteiger partial charge >= 0.3 is 5.97 Å². The summed E-state index contributed by atoms with van der Waals surface area (Å²) >= 11 is 1.75. The van der Waals surface area contributed by atoms with Gasteiger partial charge in [0.2, 0.25) is 0 Å². The van der Waals surface area contributed by atoms with Crippen LogP contribution in [0.2, 0.25) is 0 Å². The molecule has 0 radical (unpaired) electrons. The number of rotatable bonds is 16. The van der Waals surface area contributed by atoms with Crippen LogP contribution in [-0.4, -0.2) is 72.7 Å². The topological polar surface area (TPSA) is 103 Å². The fourth-order valence-electron chi connectivity index (χ4n) is 7.04. The SMILES string of the molecule is N#CC1C[C@@H](O)C(CCCC(O)C2(c3cccs3)CCC2)[C@H]1CCCCCCC(=O)OCCN1CCOCC1. The van der Waals surface area contributed by atoms with Crippen molar-refractivity contribution in [3.63, 3.8) is 0 Å². The summed E-state index contributed by atoms with van der Waals surface area (Å²) in [6.45, 7) is 4.54. The van der Waals surface area contributed by atoms with Gasteiger partial charge in [-0.05, 0) is 68.2 Å². The van der Waals surface area contributed by atoms with E-state index in [9.17, 15) is 20.3 Å². The molecule has 4 rings (SSSR count). The largest absolute Gasteiger partial charge is 0.464 e. The monoisotopic (exact) mass is 560 g/mol. The first-order valence-electron chi connectivity index (χ1n) is 15.3. The standard InChI is InChI=1S/C31H48N2O5S/c32-23-24-22-27(34)26(9-5-10-28(35)31(13-7-14-31)29-11-6-21-39-29)25(24)8-3-1-2-4-12-30(36)38-20-17-33-15-18-37-19-16-33/h6,11,21,24-28,34-35H,1-5,7-10,12-20,22H2/t24?,25-,26?,27+,28?/m0/s1. The van der Waals surface area contributed by atoms with E-state index in [-0.39, 0.29) is 35.2 Å². The molecule has 2 aliphatic carbocycles. The number of nitriles is 1. The van der Waals surface area contributed by atoms with Gasteiger partial charge in [0.25, 0.3) is 0 Å². The smallest absolute Gasteiger partial charge is 0.305 e. The molecule has 3 fully saturated rings. The molecule has 5 atom stereocenters. The molecule has 1 aromatic rings. The number of thiophene rings is 1. The Morgan fingerprint density at radius 3 is 2.64 bits per heavy atom. The van der Waals surface area contributed by atoms with Crippen LogP contribution in [0.25, 0.3) is 0 Å². The molecule has 1 saturated heterocycles. The summed E-state index contributed by atoms with van der Waals surface area (Å²) in [6.07, 6.45) is 10.9. The van der Waals surface area contributed by atoms with Crippen LogP contribution in [0.1, 0.15) is 88.3 Å². The third kappa shape index (κ3) is 8.27. The molecule has 1 aromatic heterocycles. The number of hydrogen-bond donors (Lipinski definition) is 2. The predicted molar refractivity (Wildman–Crippen MR) is 152 cm³/mol. The van der Waals surface area contributed by atoms with Crippen molar-refractivity contribution < 1.29 is 24.5 Å². The van der Waals surface area contributed by atoms with Crippen molar-refractivity contribution in [2.24, 2.45) is 17.8 Å². The minimum Gasteiger partial charge on any atom is -0.464 e. The first kappa shape index (κ1) is 30.5. The van der Waals surface area contributed by atoms with Gasteiger partial charge in [0.1, 0.15) is 6.61 Å². The van der Waals surface area contributed by atoms with E-state index in [1.165, 1.54) is 11.3 Å². The summed E-state index contributed by atoms with van der Waals surface area (Å²) in [5.41, 5.74) is -0.0633. The molecule has 39 heavy (non-hydrogen) atoms. The molecule has 7 nitrogen and oxygen atoms in total. The predicted octanol–water partition coefficient (Wildman–Crippen LogP) is 5.05. The van der Waals surface area contributed by atoms with Crippen LogP contribution < -0.4 is 0 Å². The first-order valence-corrected chi connectivity index (χ1v) is 16.2. The molecule has 3 unspecified atom stereocenters. The Hall–Kier alpha value is -1.50. The number of unbranched alkanes of at least 4 members (excludes halogenated alkanes) is 3. The fourth-order valence-corrected chi connectivity index (χ4v) is 8.07. The average molecular weight is 561 g/mol. The number of aliphatic hydroxyl groups is 2. The van der Waals surface area contributed by atoms with Gasteiger partial charge in [-0.1, -0.05) is 38.2 Å². The molecule has 0 bridgehead atoms. The summed E-state index contributed by atoms with van der Waals surface area (Å²) in [5.74, 6) is 0.168. The van der Waals surface area contributed by atoms with Crippen LogP contribution in [0.5, 0.6) is 0 Å². The van der Waals surface area contributed by atoms with E-state index in [0.29, 0.717) is 19.4 Å². The van der Waals surface area contributed by atoms with Gasteiger partial charge in [-0.25, -0.2) is 0 Å². The van der Waals surface area contributed by atoms with Gasteiger partial charge in [-0.2, -0.15) is 5.26 Å². The zero-order valence-electron chi connectivity index (χ0n) is 23.5. The number of carbonyl (C=O) groups is 1. The highest BCUT2D eigenvalue weighted by molar-refractivity contribution is 7.10. The number of hydrogen-bond acceptors (Lipinski definition) is 8. The Balaban J connectivity index is 1.11. The zero-order chi connectivity index (χ0) is 27.5. The molecule has 1 aliphatic heterocycles. The average Bonchev–Trinajstić information content (AvgIpc) is 3.55. The van der Waals surface area contributed by atoms with E-state index >= 15 is 0 Å². The summed E-state index contributed by atoms with van der Waals surface area (Å²) in [6, 6.07) is 6.71. The van der Waals surface area contributed by atoms with Crippen molar-refractivity contribution in [3.05, 3.63) is 22.4 Å². The summed E-state index contributed by atoms with van der Waals surface area (Å²) in [4.78, 5) is 15.6. The Labute approximate surface area is 238 Å². The lowest BCUT2D eigenvalue weighted by Crippen LogP contribution is -2.45. The normalized spacial score (nSPS) is 27.5. The summed E-state index contributed by atoms with van der Waals surface area (Å²) in [5, 5.41) is 33.7. The van der Waals surface area contributed by atoms with Gasteiger partial charge in [-0.15, -0.1) is 11.3 Å². The number of nitrogens with zero attached hydrogens (tertiary/aromatic N) is 2. The highest BCUT2D eigenvalue weighted by atomic mass is 32.1. The highest BCUT2D eigenvalue weighted by Gasteiger charge is 2.46. The molecule has 0 amide bonds. The van der Waals surface area contributed by atoms with Crippen LogP contribution in [0, 0.1) is 29.1 Å². The van der Waals surface area contributed by atoms with Crippen molar-refractivity contribution in [1.82, 2.24) is 4.90 Å². The lowest BCUT2D eigenvalue weighted by molar-refractivity contribution is -0.144. The Morgan fingerprint density at radius 1 is 1.18 bits per heavy atom. The lowest BCUT2D eigenvalue weighted by atomic mass is 9.63. The van der Waals surface area contributed by atoms with Crippen molar-refractivity contribution in [2.75, 3.05) is 39.5 Å². The van der Waals surface area contributed by atoms with Gasteiger partial charge in [0, 0.05) is 36.3 Å². The van der Waals surface area contributed by atoms with E-state index in [0.717, 1.165) is 97.1 Å². The first-order chi connectivity index (χ1) is 19.0. The number of morpholine rings is 1. The minimum absolute atomic E-state index is 0.0633. The van der Waals surface area contributed by atoms with Gasteiger partial charge < -0.3 is 19.7 Å². The van der Waals surface area contributed by atoms with E-state index < -0.39 is 6.10 Å². The quantitative estimate of drug-likeness (QED) is 0.215. The van der Waals surface area contributed by atoms with Gasteiger partial charge in [-0.3, -0.25) is 9.69 Å². The Morgan fingerprint density at radius 2 is 1.95 bits per heavy atom. The zero-order valence-corrected chi connectivity index (χ0v) is 24.3. The number of esters is 1. The fraction of sp³-hybridized carbons (Fsp3) is 0.806. The van der Waals surface area contributed by atoms with Crippen LogP contribution in [0.3, 0.4) is 0 Å². The second-order valence-corrected chi connectivity index (χ2v) is 12.9. The molecule has 2 heterocycles. The Kier molecular flexibility index (Phi) is 12.1. The van der Waals surface area contributed by atoms with E-state index in [1.54, 1.807) is 11.3 Å². The third-order valence-corrected chi connectivity index (χ3v) is 10.7. The molecule has 0 spiro atoms. The van der Waals surface area contributed by atoms with Crippen LogP contribution in [0.4, 0.5) is 0 Å². The van der Waals surface area contributed by atoms with E-state index in [4.69, 9.17) is 9.47 Å². The van der Waals surface area contributed by atoms with Crippen LogP contribution in [-0.2, 0) is 19.7 Å². The van der Waals surface area contributed by atoms with Gasteiger partial charge in [0.15, 0.2) is 0 Å². The second kappa shape index (κ2) is 15.5. The highest BCUT2D eigenvalue weighted by Crippen LogP contribution is 2.50. The molecular formula is C31H48N2O5S. The van der Waals surface area contributed by atoms with E-state index in [1.807, 2.05) is 0 Å². The molecule has 218 valence electrons. The molecular weight excluding hydrogens is 512 g/mol. The summed E-state index contributed by atoms with van der Waals surface area (Å²) in [7, 11) is 0. The van der Waals surface area contributed by atoms with E-state index in [2.05, 4.69) is 28.5 Å². The Bertz CT molecular complexity index is 893. The minimum atomic E-state index is -0.418. The number of ether oxygens (including phenoxy) is 2. The van der Waals surface area contributed by atoms with Crippen molar-refractivity contribution >= 4 is 17.3 Å². The summed E-state index contributed by atoms with van der Waals surface area (Å²) < 4.78 is 10.7.